The lowest BCUT2D eigenvalue weighted by atomic mass is 9.98. The minimum atomic E-state index is 0.476. The lowest BCUT2D eigenvalue weighted by molar-refractivity contribution is 0.555. The molecular formula is C17H21N. The summed E-state index contributed by atoms with van der Waals surface area (Å²) in [6.45, 7) is 6.08. The first-order chi connectivity index (χ1) is 8.69. The molecule has 0 aliphatic heterocycles. The molecule has 1 unspecified atom stereocenters. The van der Waals surface area contributed by atoms with Gasteiger partial charge in [-0.3, -0.25) is 0 Å². The summed E-state index contributed by atoms with van der Waals surface area (Å²) in [6, 6.07) is 15.7. The van der Waals surface area contributed by atoms with Crippen LogP contribution in [0.1, 0.15) is 18.9 Å². The number of fused-ring (bicyclic) bond motifs is 1. The van der Waals surface area contributed by atoms with Gasteiger partial charge in [-0.15, -0.1) is 6.58 Å². The van der Waals surface area contributed by atoms with Gasteiger partial charge < -0.3 is 5.32 Å². The summed E-state index contributed by atoms with van der Waals surface area (Å²) < 4.78 is 0. The van der Waals surface area contributed by atoms with E-state index >= 15 is 0 Å². The van der Waals surface area contributed by atoms with E-state index in [-0.39, 0.29) is 0 Å². The molecule has 0 saturated carbocycles. The first-order valence-corrected chi connectivity index (χ1v) is 6.48. The van der Waals surface area contributed by atoms with Crippen LogP contribution in [0.3, 0.4) is 0 Å². The average Bonchev–Trinajstić information content (AvgIpc) is 2.37. The van der Waals surface area contributed by atoms with Crippen LogP contribution in [0.4, 0.5) is 0 Å². The van der Waals surface area contributed by atoms with Crippen molar-refractivity contribution in [2.24, 2.45) is 0 Å². The molecule has 0 amide bonds. The van der Waals surface area contributed by atoms with E-state index in [1.807, 2.05) is 7.05 Å². The van der Waals surface area contributed by atoms with Gasteiger partial charge in [0, 0.05) is 6.04 Å². The minimum Gasteiger partial charge on any atom is -0.316 e. The summed E-state index contributed by atoms with van der Waals surface area (Å²) in [5, 5.41) is 6.00. The molecule has 0 bridgehead atoms. The average molecular weight is 239 g/mol. The second kappa shape index (κ2) is 5.83. The van der Waals surface area contributed by atoms with Gasteiger partial charge in [0.05, 0.1) is 0 Å². The van der Waals surface area contributed by atoms with Crippen molar-refractivity contribution >= 4 is 10.8 Å². The fraction of sp³-hybridized carbons (Fsp3) is 0.294. The topological polar surface area (TPSA) is 12.0 Å². The van der Waals surface area contributed by atoms with Crippen LogP contribution >= 0.6 is 0 Å². The van der Waals surface area contributed by atoms with Crippen molar-refractivity contribution in [1.29, 1.82) is 0 Å². The van der Waals surface area contributed by atoms with Crippen LogP contribution in [-0.4, -0.2) is 13.1 Å². The maximum Gasteiger partial charge on any atom is 0.0141 e. The predicted molar refractivity (Wildman–Crippen MR) is 79.9 cm³/mol. The third-order valence-corrected chi connectivity index (χ3v) is 3.30. The summed E-state index contributed by atoms with van der Waals surface area (Å²) in [5.41, 5.74) is 2.62. The summed E-state index contributed by atoms with van der Waals surface area (Å²) in [4.78, 5) is 0. The van der Waals surface area contributed by atoms with E-state index in [9.17, 15) is 0 Å². The van der Waals surface area contributed by atoms with Gasteiger partial charge in [-0.1, -0.05) is 48.0 Å². The van der Waals surface area contributed by atoms with Crippen LogP contribution in [0, 0.1) is 0 Å². The van der Waals surface area contributed by atoms with Crippen molar-refractivity contribution in [3.8, 4) is 0 Å². The largest absolute Gasteiger partial charge is 0.316 e. The Balaban J connectivity index is 2.17. The van der Waals surface area contributed by atoms with Gasteiger partial charge in [0.15, 0.2) is 0 Å². The number of benzene rings is 2. The Hall–Kier alpha value is -1.60. The molecule has 0 spiro atoms. The zero-order chi connectivity index (χ0) is 13.0. The van der Waals surface area contributed by atoms with Crippen molar-refractivity contribution in [2.75, 3.05) is 7.05 Å². The third-order valence-electron chi connectivity index (χ3n) is 3.30. The van der Waals surface area contributed by atoms with Crippen LogP contribution in [0.2, 0.25) is 0 Å². The number of rotatable bonds is 5. The number of nitrogens with one attached hydrogen (secondary N) is 1. The van der Waals surface area contributed by atoms with Crippen molar-refractivity contribution in [3.05, 3.63) is 60.2 Å². The molecule has 94 valence electrons. The molecule has 1 N–H and O–H groups in total. The SMILES string of the molecule is C=C(C)CC(Cc1ccc2ccccc2c1)NC. The molecule has 1 heteroatoms. The Morgan fingerprint density at radius 1 is 1.17 bits per heavy atom. The maximum atomic E-state index is 3.99. The molecular weight excluding hydrogens is 218 g/mol. The normalized spacial score (nSPS) is 12.6. The monoisotopic (exact) mass is 239 g/mol. The molecule has 0 saturated heterocycles. The Morgan fingerprint density at radius 2 is 1.89 bits per heavy atom. The summed E-state index contributed by atoms with van der Waals surface area (Å²) in [6.07, 6.45) is 2.08. The maximum absolute atomic E-state index is 3.99. The van der Waals surface area contributed by atoms with Gasteiger partial charge in [-0.25, -0.2) is 0 Å². The minimum absolute atomic E-state index is 0.476. The summed E-state index contributed by atoms with van der Waals surface area (Å²) in [5.74, 6) is 0. The summed E-state index contributed by atoms with van der Waals surface area (Å²) >= 11 is 0. The highest BCUT2D eigenvalue weighted by Gasteiger charge is 2.07. The molecule has 0 aliphatic carbocycles. The number of likely N-dealkylation sites (N-methyl/N-ethyl adjacent to an activating group) is 1. The van der Waals surface area contributed by atoms with Crippen molar-refractivity contribution < 1.29 is 0 Å². The fourth-order valence-electron chi connectivity index (χ4n) is 2.35. The van der Waals surface area contributed by atoms with Crippen molar-refractivity contribution in [1.82, 2.24) is 5.32 Å². The van der Waals surface area contributed by atoms with E-state index in [2.05, 4.69) is 61.3 Å². The summed E-state index contributed by atoms with van der Waals surface area (Å²) in [7, 11) is 2.02. The quantitative estimate of drug-likeness (QED) is 0.779. The van der Waals surface area contributed by atoms with E-state index in [0.29, 0.717) is 6.04 Å². The van der Waals surface area contributed by atoms with Gasteiger partial charge in [0.2, 0.25) is 0 Å². The molecule has 2 aromatic rings. The smallest absolute Gasteiger partial charge is 0.0141 e. The van der Waals surface area contributed by atoms with Crippen LogP contribution in [0.25, 0.3) is 10.8 Å². The molecule has 0 aliphatic rings. The molecule has 1 atom stereocenters. The Kier molecular flexibility index (Phi) is 4.16. The molecule has 1 nitrogen and oxygen atoms in total. The predicted octanol–water partition coefficient (Wildman–Crippen LogP) is 3.94. The lowest BCUT2D eigenvalue weighted by Gasteiger charge is -2.16. The van der Waals surface area contributed by atoms with Crippen molar-refractivity contribution in [2.45, 2.75) is 25.8 Å². The van der Waals surface area contributed by atoms with Gasteiger partial charge in [0.25, 0.3) is 0 Å². The fourth-order valence-corrected chi connectivity index (χ4v) is 2.35. The Bertz CT molecular complexity index is 542. The Morgan fingerprint density at radius 3 is 2.56 bits per heavy atom. The zero-order valence-corrected chi connectivity index (χ0v) is 11.2. The molecule has 0 aromatic heterocycles. The van der Waals surface area contributed by atoms with E-state index < -0.39 is 0 Å². The highest BCUT2D eigenvalue weighted by Crippen LogP contribution is 2.17. The van der Waals surface area contributed by atoms with Crippen LogP contribution in [-0.2, 0) is 6.42 Å². The molecule has 2 rings (SSSR count). The van der Waals surface area contributed by atoms with E-state index in [1.54, 1.807) is 0 Å². The molecule has 0 heterocycles. The van der Waals surface area contributed by atoms with Gasteiger partial charge in [-0.05, 0) is 43.1 Å². The standard InChI is InChI=1S/C17H21N/c1-13(2)10-17(18-3)12-14-8-9-15-6-4-5-7-16(15)11-14/h4-9,11,17-18H,1,10,12H2,2-3H3. The van der Waals surface area contributed by atoms with Gasteiger partial charge in [0.1, 0.15) is 0 Å². The second-order valence-electron chi connectivity index (χ2n) is 5.03. The van der Waals surface area contributed by atoms with Crippen molar-refractivity contribution in [3.63, 3.8) is 0 Å². The highest BCUT2D eigenvalue weighted by molar-refractivity contribution is 5.82. The number of hydrogen-bond donors (Lipinski definition) is 1. The van der Waals surface area contributed by atoms with Gasteiger partial charge in [-0.2, -0.15) is 0 Å². The molecule has 0 fully saturated rings. The molecule has 2 aromatic carbocycles. The van der Waals surface area contributed by atoms with E-state index in [0.717, 1.165) is 12.8 Å². The van der Waals surface area contributed by atoms with E-state index in [1.165, 1.54) is 21.9 Å². The highest BCUT2D eigenvalue weighted by atomic mass is 14.9. The number of hydrogen-bond acceptors (Lipinski definition) is 1. The van der Waals surface area contributed by atoms with E-state index in [4.69, 9.17) is 0 Å². The first kappa shape index (κ1) is 12.8. The van der Waals surface area contributed by atoms with Crippen LogP contribution in [0.5, 0.6) is 0 Å². The first-order valence-electron chi connectivity index (χ1n) is 6.48. The Labute approximate surface area is 110 Å². The van der Waals surface area contributed by atoms with Gasteiger partial charge >= 0.3 is 0 Å². The zero-order valence-electron chi connectivity index (χ0n) is 11.2. The molecule has 18 heavy (non-hydrogen) atoms. The molecule has 0 radical (unpaired) electrons. The lowest BCUT2D eigenvalue weighted by Crippen LogP contribution is -2.27. The van der Waals surface area contributed by atoms with Crippen LogP contribution < -0.4 is 5.32 Å². The van der Waals surface area contributed by atoms with Crippen LogP contribution in [0.15, 0.2) is 54.6 Å². The third kappa shape index (κ3) is 3.21. The second-order valence-corrected chi connectivity index (χ2v) is 5.03.